The van der Waals surface area contributed by atoms with Crippen molar-refractivity contribution in [2.45, 2.75) is 38.8 Å². The summed E-state index contributed by atoms with van der Waals surface area (Å²) in [5.41, 5.74) is -0.633. The summed E-state index contributed by atoms with van der Waals surface area (Å²) >= 11 is 0. The fourth-order valence-corrected chi connectivity index (χ4v) is 1.51. The maximum atomic E-state index is 12.1. The summed E-state index contributed by atoms with van der Waals surface area (Å²) in [7, 11) is 0. The zero-order valence-electron chi connectivity index (χ0n) is 12.6. The Morgan fingerprint density at radius 2 is 1.90 bits per heavy atom. The van der Waals surface area contributed by atoms with Crippen LogP contribution in [0.2, 0.25) is 0 Å². The molecule has 1 aromatic carbocycles. The Morgan fingerprint density at radius 1 is 1.29 bits per heavy atom. The lowest BCUT2D eigenvalue weighted by Gasteiger charge is -2.22. The van der Waals surface area contributed by atoms with Crippen molar-refractivity contribution in [1.29, 1.82) is 0 Å². The number of rotatable bonds is 5. The highest BCUT2D eigenvalue weighted by atomic mass is 16.6. The number of para-hydroxylation sites is 1. The third-order valence-corrected chi connectivity index (χ3v) is 2.34. The summed E-state index contributed by atoms with van der Waals surface area (Å²) in [5, 5.41) is 2.49. The van der Waals surface area contributed by atoms with Crippen molar-refractivity contribution in [3.8, 4) is 5.75 Å². The molecule has 0 aliphatic rings. The lowest BCUT2D eigenvalue weighted by Crippen LogP contribution is -2.44. The number of alkyl carbamates (subject to hydrolysis) is 1. The highest BCUT2D eigenvalue weighted by Crippen LogP contribution is 2.11. The third-order valence-electron chi connectivity index (χ3n) is 2.34. The van der Waals surface area contributed by atoms with Crippen LogP contribution in [0.1, 0.15) is 27.2 Å². The number of amides is 1. The molecule has 0 spiro atoms. The van der Waals surface area contributed by atoms with Crippen molar-refractivity contribution in [2.75, 3.05) is 0 Å². The van der Waals surface area contributed by atoms with Crippen LogP contribution in [-0.2, 0) is 9.53 Å². The van der Waals surface area contributed by atoms with Gasteiger partial charge < -0.3 is 14.8 Å². The Bertz CT molecular complexity index is 491. The van der Waals surface area contributed by atoms with Crippen molar-refractivity contribution in [1.82, 2.24) is 5.32 Å². The van der Waals surface area contributed by atoms with Gasteiger partial charge in [0.05, 0.1) is 0 Å². The molecule has 1 atom stereocenters. The maximum absolute atomic E-state index is 12.1. The van der Waals surface area contributed by atoms with Crippen LogP contribution >= 0.6 is 0 Å². The first kappa shape index (κ1) is 16.8. The lowest BCUT2D eigenvalue weighted by molar-refractivity contribution is -0.136. The molecule has 1 N–H and O–H groups in total. The second kappa shape index (κ2) is 7.47. The topological polar surface area (TPSA) is 64.6 Å². The number of carbonyl (C=O) groups is 2. The van der Waals surface area contributed by atoms with E-state index in [4.69, 9.17) is 9.47 Å². The highest BCUT2D eigenvalue weighted by molar-refractivity contribution is 5.83. The van der Waals surface area contributed by atoms with Crippen molar-refractivity contribution >= 4 is 12.1 Å². The average molecular weight is 291 g/mol. The molecule has 21 heavy (non-hydrogen) atoms. The van der Waals surface area contributed by atoms with Crippen molar-refractivity contribution in [3.05, 3.63) is 43.0 Å². The number of ether oxygens (including phenoxy) is 2. The summed E-state index contributed by atoms with van der Waals surface area (Å²) in [6, 6.07) is 7.82. The van der Waals surface area contributed by atoms with E-state index in [0.717, 1.165) is 0 Å². The SMILES string of the molecule is C=CC[C@H](NC(=O)OC(C)(C)C)C(=O)Oc1ccccc1. The second-order valence-electron chi connectivity index (χ2n) is 5.46. The van der Waals surface area contributed by atoms with Crippen LogP contribution in [0.5, 0.6) is 5.75 Å². The van der Waals surface area contributed by atoms with Crippen LogP contribution in [0.15, 0.2) is 43.0 Å². The standard InChI is InChI=1S/C16H21NO4/c1-5-9-13(17-15(19)21-16(2,3)4)14(18)20-12-10-7-6-8-11-12/h5-8,10-11,13H,1,9H2,2-4H3,(H,17,19)/t13-/m0/s1. The van der Waals surface area contributed by atoms with Crippen LogP contribution in [0.4, 0.5) is 4.79 Å². The molecule has 0 saturated carbocycles. The molecule has 1 rings (SSSR count). The summed E-state index contributed by atoms with van der Waals surface area (Å²) < 4.78 is 10.3. The molecule has 1 amide bonds. The number of benzene rings is 1. The van der Waals surface area contributed by atoms with E-state index in [-0.39, 0.29) is 6.42 Å². The molecule has 0 aliphatic heterocycles. The number of nitrogens with one attached hydrogen (secondary N) is 1. The quantitative estimate of drug-likeness (QED) is 0.514. The molecule has 5 nitrogen and oxygen atoms in total. The number of carbonyl (C=O) groups excluding carboxylic acids is 2. The Morgan fingerprint density at radius 3 is 2.43 bits per heavy atom. The lowest BCUT2D eigenvalue weighted by atomic mass is 10.2. The minimum absolute atomic E-state index is 0.255. The first-order valence-electron chi connectivity index (χ1n) is 6.69. The van der Waals surface area contributed by atoms with E-state index in [9.17, 15) is 9.59 Å². The second-order valence-corrected chi connectivity index (χ2v) is 5.46. The number of hydrogen-bond donors (Lipinski definition) is 1. The van der Waals surface area contributed by atoms with Gasteiger partial charge in [0.2, 0.25) is 0 Å². The van der Waals surface area contributed by atoms with Gasteiger partial charge in [0.1, 0.15) is 17.4 Å². The van der Waals surface area contributed by atoms with Gasteiger partial charge in [-0.2, -0.15) is 0 Å². The van der Waals surface area contributed by atoms with Crippen LogP contribution in [0, 0.1) is 0 Å². The number of hydrogen-bond acceptors (Lipinski definition) is 4. The van der Waals surface area contributed by atoms with Gasteiger partial charge in [-0.05, 0) is 39.3 Å². The summed E-state index contributed by atoms with van der Waals surface area (Å²) in [6.45, 7) is 8.81. The third kappa shape index (κ3) is 6.61. The Balaban J connectivity index is 2.65. The van der Waals surface area contributed by atoms with Gasteiger partial charge in [0.15, 0.2) is 0 Å². The molecule has 0 heterocycles. The van der Waals surface area contributed by atoms with Crippen LogP contribution in [-0.4, -0.2) is 23.7 Å². The van der Waals surface area contributed by atoms with E-state index in [1.165, 1.54) is 6.08 Å². The van der Waals surface area contributed by atoms with Crippen LogP contribution < -0.4 is 10.1 Å². The van der Waals surface area contributed by atoms with Gasteiger partial charge in [-0.3, -0.25) is 0 Å². The predicted molar refractivity (Wildman–Crippen MR) is 80.0 cm³/mol. The molecule has 0 bridgehead atoms. The molecular formula is C16H21NO4. The molecule has 1 aromatic rings. The monoisotopic (exact) mass is 291 g/mol. The molecular weight excluding hydrogens is 270 g/mol. The molecule has 5 heteroatoms. The molecule has 0 saturated heterocycles. The molecule has 0 aliphatic carbocycles. The van der Waals surface area contributed by atoms with Gasteiger partial charge in [-0.1, -0.05) is 24.3 Å². The van der Waals surface area contributed by atoms with Gasteiger partial charge in [0, 0.05) is 0 Å². The Hall–Kier alpha value is -2.30. The molecule has 0 unspecified atom stereocenters. The van der Waals surface area contributed by atoms with Crippen molar-refractivity contribution < 1.29 is 19.1 Å². The predicted octanol–water partition coefficient (Wildman–Crippen LogP) is 3.06. The van der Waals surface area contributed by atoms with Crippen molar-refractivity contribution in [2.24, 2.45) is 0 Å². The average Bonchev–Trinajstić information content (AvgIpc) is 2.37. The van der Waals surface area contributed by atoms with Crippen LogP contribution in [0.3, 0.4) is 0 Å². The highest BCUT2D eigenvalue weighted by Gasteiger charge is 2.24. The molecule has 0 radical (unpaired) electrons. The van der Waals surface area contributed by atoms with E-state index >= 15 is 0 Å². The molecule has 0 fully saturated rings. The number of esters is 1. The summed E-state index contributed by atoms with van der Waals surface area (Å²) in [6.07, 6.45) is 1.12. The Labute approximate surface area is 124 Å². The summed E-state index contributed by atoms with van der Waals surface area (Å²) in [4.78, 5) is 23.8. The van der Waals surface area contributed by atoms with E-state index < -0.39 is 23.7 Å². The van der Waals surface area contributed by atoms with Gasteiger partial charge in [-0.25, -0.2) is 9.59 Å². The Kier molecular flexibility index (Phi) is 5.96. The van der Waals surface area contributed by atoms with Gasteiger partial charge >= 0.3 is 12.1 Å². The summed E-state index contributed by atoms with van der Waals surface area (Å²) in [5.74, 6) is -0.144. The first-order valence-corrected chi connectivity index (χ1v) is 6.69. The van der Waals surface area contributed by atoms with E-state index in [1.54, 1.807) is 45.0 Å². The smallest absolute Gasteiger partial charge is 0.408 e. The van der Waals surface area contributed by atoms with E-state index in [2.05, 4.69) is 11.9 Å². The fourth-order valence-electron chi connectivity index (χ4n) is 1.51. The minimum Gasteiger partial charge on any atom is -0.444 e. The first-order chi connectivity index (χ1) is 9.81. The zero-order chi connectivity index (χ0) is 15.9. The van der Waals surface area contributed by atoms with Crippen LogP contribution in [0.25, 0.3) is 0 Å². The molecule has 114 valence electrons. The zero-order valence-corrected chi connectivity index (χ0v) is 12.6. The van der Waals surface area contributed by atoms with E-state index in [0.29, 0.717) is 5.75 Å². The normalized spacial score (nSPS) is 12.1. The minimum atomic E-state index is -0.836. The largest absolute Gasteiger partial charge is 0.444 e. The fraction of sp³-hybridized carbons (Fsp3) is 0.375. The van der Waals surface area contributed by atoms with E-state index in [1.807, 2.05) is 6.07 Å². The van der Waals surface area contributed by atoms with Crippen molar-refractivity contribution in [3.63, 3.8) is 0 Å². The van der Waals surface area contributed by atoms with Gasteiger partial charge in [0.25, 0.3) is 0 Å². The van der Waals surface area contributed by atoms with Gasteiger partial charge in [-0.15, -0.1) is 6.58 Å². The molecule has 0 aromatic heterocycles. The maximum Gasteiger partial charge on any atom is 0.408 e.